The number of aryl methyl sites for hydroxylation is 1. The second-order valence-electron chi connectivity index (χ2n) is 10.2. The summed E-state index contributed by atoms with van der Waals surface area (Å²) in [6, 6.07) is 19.3. The van der Waals surface area contributed by atoms with E-state index in [0.717, 1.165) is 16.6 Å². The highest BCUT2D eigenvalue weighted by Crippen LogP contribution is 2.35. The number of rotatable bonds is 12. The number of nitrogens with zero attached hydrogens (tertiary/aromatic N) is 2. The van der Waals surface area contributed by atoms with Gasteiger partial charge < -0.3 is 30.3 Å². The maximum Gasteiger partial charge on any atom is 0.406 e. The van der Waals surface area contributed by atoms with Crippen molar-refractivity contribution in [2.75, 3.05) is 38.7 Å². The predicted molar refractivity (Wildman–Crippen MR) is 182 cm³/mol. The number of aromatic nitrogens is 1. The van der Waals surface area contributed by atoms with Gasteiger partial charge in [0.15, 0.2) is 0 Å². The van der Waals surface area contributed by atoms with E-state index in [2.05, 4.69) is 20.9 Å². The topological polar surface area (TPSA) is 139 Å². The highest BCUT2D eigenvalue weighted by atomic mass is 35.5. The molecule has 11 nitrogen and oxygen atoms in total. The van der Waals surface area contributed by atoms with Gasteiger partial charge in [0.1, 0.15) is 24.5 Å². The summed E-state index contributed by atoms with van der Waals surface area (Å²) in [7, 11) is 2.99. The molecule has 0 unspecified atom stereocenters. The van der Waals surface area contributed by atoms with E-state index in [1.807, 2.05) is 37.3 Å². The molecule has 0 bridgehead atoms. The van der Waals surface area contributed by atoms with Crippen LogP contribution in [0.1, 0.15) is 27.2 Å². The normalized spacial score (nSPS) is 10.8. The van der Waals surface area contributed by atoms with Gasteiger partial charge in [-0.2, -0.15) is 0 Å². The molecule has 0 fully saturated rings. The number of likely N-dealkylation sites (N-methyl/N-ethyl adjacent to an activating group) is 1. The maximum absolute atomic E-state index is 13.0. The molecule has 244 valence electrons. The summed E-state index contributed by atoms with van der Waals surface area (Å²) in [4.78, 5) is 54.6. The molecule has 0 aliphatic heterocycles. The van der Waals surface area contributed by atoms with Crippen molar-refractivity contribution in [2.24, 2.45) is 0 Å². The van der Waals surface area contributed by atoms with Crippen LogP contribution >= 0.6 is 23.2 Å². The van der Waals surface area contributed by atoms with E-state index in [-0.39, 0.29) is 37.2 Å². The minimum absolute atomic E-state index is 0.0345. The molecule has 3 aromatic carbocycles. The number of hydrogen-bond donors (Lipinski definition) is 3. The molecule has 1 aromatic heterocycles. The number of halogens is 2. The minimum atomic E-state index is -0.580. The average molecular weight is 679 g/mol. The molecule has 4 amide bonds. The van der Waals surface area contributed by atoms with Crippen LogP contribution in [0.2, 0.25) is 10.0 Å². The molecule has 0 aliphatic rings. The molecular formula is C34H33Cl2N5O6. The summed E-state index contributed by atoms with van der Waals surface area (Å²) in [6.07, 6.45) is 2.26. The van der Waals surface area contributed by atoms with E-state index in [1.165, 1.54) is 18.0 Å². The molecule has 3 N–H and O–H groups in total. The Hall–Kier alpha value is -5.13. The average Bonchev–Trinajstić information content (AvgIpc) is 3.07. The van der Waals surface area contributed by atoms with E-state index in [0.29, 0.717) is 33.1 Å². The largest absolute Gasteiger partial charge is 0.487 e. The number of anilines is 1. The van der Waals surface area contributed by atoms with E-state index >= 15 is 0 Å². The Morgan fingerprint density at radius 1 is 0.957 bits per heavy atom. The fourth-order valence-electron chi connectivity index (χ4n) is 4.34. The van der Waals surface area contributed by atoms with Gasteiger partial charge in [0, 0.05) is 47.4 Å². The van der Waals surface area contributed by atoms with Crippen LogP contribution in [0.15, 0.2) is 72.8 Å². The van der Waals surface area contributed by atoms with Crippen molar-refractivity contribution < 1.29 is 28.7 Å². The molecule has 0 atom stereocenters. The molecule has 4 aromatic rings. The fourth-order valence-corrected chi connectivity index (χ4v) is 4.94. The quantitative estimate of drug-likeness (QED) is 0.136. The van der Waals surface area contributed by atoms with Crippen LogP contribution in [0.25, 0.3) is 17.0 Å². The van der Waals surface area contributed by atoms with Gasteiger partial charge in [-0.25, -0.2) is 9.78 Å². The Morgan fingerprint density at radius 2 is 1.72 bits per heavy atom. The SMILES string of the molecule is CNC(=O)OCCNC(=O)c1ccc(/C=C/C(=O)NCC(=O)N(C)c2ccc(Cl)c(COc3cccc4ccc(C)nc34)c2Cl)cc1. The number of alkyl carbamates (subject to hydrolysis) is 1. The molecular weight excluding hydrogens is 645 g/mol. The van der Waals surface area contributed by atoms with Crippen molar-refractivity contribution in [3.05, 3.63) is 105 Å². The number of amides is 4. The first kappa shape index (κ1) is 34.7. The summed E-state index contributed by atoms with van der Waals surface area (Å²) < 4.78 is 10.9. The van der Waals surface area contributed by atoms with E-state index in [9.17, 15) is 19.2 Å². The van der Waals surface area contributed by atoms with Gasteiger partial charge in [0.2, 0.25) is 11.8 Å². The number of carbonyl (C=O) groups excluding carboxylic acids is 4. The lowest BCUT2D eigenvalue weighted by Crippen LogP contribution is -2.37. The standard InChI is InChI=1S/C34H33Cl2N5O6/c1-21-7-11-23-5-4-6-28(32(23)40-21)47-20-25-26(35)14-15-27(31(25)36)41(3)30(43)19-39-29(42)16-10-22-8-12-24(13-9-22)33(44)38-17-18-46-34(45)37-2/h4-16H,17-20H2,1-3H3,(H,37,45)(H,38,44)(H,39,42)/b16-10+. The lowest BCUT2D eigenvalue weighted by molar-refractivity contribution is -0.122. The monoisotopic (exact) mass is 677 g/mol. The zero-order chi connectivity index (χ0) is 33.9. The van der Waals surface area contributed by atoms with Crippen molar-refractivity contribution in [1.82, 2.24) is 20.9 Å². The van der Waals surface area contributed by atoms with Crippen LogP contribution in [0.3, 0.4) is 0 Å². The van der Waals surface area contributed by atoms with Crippen LogP contribution in [0.4, 0.5) is 10.5 Å². The second kappa shape index (κ2) is 16.4. The zero-order valence-corrected chi connectivity index (χ0v) is 27.4. The van der Waals surface area contributed by atoms with E-state index in [4.69, 9.17) is 32.7 Å². The number of nitrogens with one attached hydrogen (secondary N) is 3. The summed E-state index contributed by atoms with van der Waals surface area (Å²) in [5.41, 5.74) is 3.54. The molecule has 47 heavy (non-hydrogen) atoms. The lowest BCUT2D eigenvalue weighted by Gasteiger charge is -2.21. The van der Waals surface area contributed by atoms with Crippen molar-refractivity contribution in [1.29, 1.82) is 0 Å². The first-order valence-corrected chi connectivity index (χ1v) is 15.2. The maximum atomic E-state index is 13.0. The molecule has 0 aliphatic carbocycles. The Morgan fingerprint density at radius 3 is 2.47 bits per heavy atom. The number of fused-ring (bicyclic) bond motifs is 1. The first-order chi connectivity index (χ1) is 22.6. The number of para-hydroxylation sites is 1. The number of benzene rings is 3. The van der Waals surface area contributed by atoms with Gasteiger partial charge in [0.05, 0.1) is 23.8 Å². The zero-order valence-electron chi connectivity index (χ0n) is 25.9. The Kier molecular flexibility index (Phi) is 12.1. The number of ether oxygens (including phenoxy) is 2. The Balaban J connectivity index is 1.30. The summed E-state index contributed by atoms with van der Waals surface area (Å²) in [6.45, 7) is 1.86. The number of hydrogen-bond acceptors (Lipinski definition) is 7. The second-order valence-corrected chi connectivity index (χ2v) is 11.0. The third-order valence-corrected chi connectivity index (χ3v) is 7.71. The van der Waals surface area contributed by atoms with Crippen LogP contribution in [-0.2, 0) is 20.9 Å². The summed E-state index contributed by atoms with van der Waals surface area (Å²) in [5.74, 6) is -0.654. The van der Waals surface area contributed by atoms with Crippen molar-refractivity contribution in [3.63, 3.8) is 0 Å². The van der Waals surface area contributed by atoms with Gasteiger partial charge in [-0.15, -0.1) is 0 Å². The van der Waals surface area contributed by atoms with Gasteiger partial charge in [-0.1, -0.05) is 53.5 Å². The van der Waals surface area contributed by atoms with Crippen LogP contribution in [0.5, 0.6) is 5.75 Å². The Labute approximate surface area is 281 Å². The van der Waals surface area contributed by atoms with Crippen molar-refractivity contribution >= 4 is 69.7 Å². The fraction of sp³-hybridized carbons (Fsp3) is 0.206. The van der Waals surface area contributed by atoms with Gasteiger partial charge in [-0.3, -0.25) is 14.4 Å². The van der Waals surface area contributed by atoms with Crippen LogP contribution < -0.4 is 25.6 Å². The molecule has 0 saturated carbocycles. The first-order valence-electron chi connectivity index (χ1n) is 14.5. The highest BCUT2D eigenvalue weighted by molar-refractivity contribution is 6.38. The number of pyridine rings is 1. The highest BCUT2D eigenvalue weighted by Gasteiger charge is 2.19. The lowest BCUT2D eigenvalue weighted by atomic mass is 10.1. The number of carbonyl (C=O) groups is 4. The molecule has 4 rings (SSSR count). The molecule has 13 heteroatoms. The van der Waals surface area contributed by atoms with E-state index in [1.54, 1.807) is 49.5 Å². The summed E-state index contributed by atoms with van der Waals surface area (Å²) in [5, 5.41) is 9.08. The molecule has 1 heterocycles. The smallest absolute Gasteiger partial charge is 0.406 e. The predicted octanol–water partition coefficient (Wildman–Crippen LogP) is 5.31. The van der Waals surface area contributed by atoms with Crippen molar-refractivity contribution in [3.8, 4) is 5.75 Å². The third kappa shape index (κ3) is 9.44. The molecule has 0 radical (unpaired) electrons. The van der Waals surface area contributed by atoms with Gasteiger partial charge >= 0.3 is 6.09 Å². The van der Waals surface area contributed by atoms with Gasteiger partial charge in [-0.05, 0) is 55.0 Å². The van der Waals surface area contributed by atoms with Crippen molar-refractivity contribution in [2.45, 2.75) is 13.5 Å². The van der Waals surface area contributed by atoms with Crippen LogP contribution in [0, 0.1) is 6.92 Å². The van der Waals surface area contributed by atoms with E-state index < -0.39 is 17.9 Å². The Bertz CT molecular complexity index is 1810. The summed E-state index contributed by atoms with van der Waals surface area (Å²) >= 11 is 13.2. The van der Waals surface area contributed by atoms with Crippen LogP contribution in [-0.4, -0.2) is 62.6 Å². The molecule has 0 saturated heterocycles. The van der Waals surface area contributed by atoms with Gasteiger partial charge in [0.25, 0.3) is 5.91 Å². The third-order valence-electron chi connectivity index (χ3n) is 6.93. The molecule has 0 spiro atoms. The minimum Gasteiger partial charge on any atom is -0.487 e.